The molecule has 0 amide bonds. The molecule has 0 saturated heterocycles. The lowest BCUT2D eigenvalue weighted by atomic mass is 9.91. The zero-order valence-electron chi connectivity index (χ0n) is 13.9. The van der Waals surface area contributed by atoms with Crippen LogP contribution in [0.5, 0.6) is 0 Å². The smallest absolute Gasteiger partial charge is 0.243 e. The van der Waals surface area contributed by atoms with Crippen molar-refractivity contribution in [3.8, 4) is 0 Å². The molecule has 2 atom stereocenters. The summed E-state index contributed by atoms with van der Waals surface area (Å²) >= 11 is 6.29. The number of halogens is 2. The van der Waals surface area contributed by atoms with Crippen LogP contribution in [0.3, 0.4) is 0 Å². The van der Waals surface area contributed by atoms with Gasteiger partial charge in [-0.05, 0) is 59.5 Å². The van der Waals surface area contributed by atoms with Gasteiger partial charge in [-0.15, -0.1) is 0 Å². The van der Waals surface area contributed by atoms with Crippen molar-refractivity contribution in [2.24, 2.45) is 0 Å². The first-order valence-electron chi connectivity index (χ1n) is 8.10. The van der Waals surface area contributed by atoms with E-state index in [9.17, 15) is 4.39 Å². The Labute approximate surface area is 149 Å². The van der Waals surface area contributed by atoms with Gasteiger partial charge in [0.25, 0.3) is 0 Å². The topological polar surface area (TPSA) is 55.6 Å². The lowest BCUT2D eigenvalue weighted by Crippen LogP contribution is -2.29. The van der Waals surface area contributed by atoms with Crippen molar-refractivity contribution in [3.05, 3.63) is 69.5 Å². The molecular formula is C18H17ClFN5. The highest BCUT2D eigenvalue weighted by atomic mass is 35.5. The molecule has 1 aromatic heterocycles. The Kier molecular flexibility index (Phi) is 3.92. The summed E-state index contributed by atoms with van der Waals surface area (Å²) in [5, 5.41) is 15.5. The van der Waals surface area contributed by atoms with Crippen LogP contribution in [0.2, 0.25) is 5.02 Å². The van der Waals surface area contributed by atoms with Gasteiger partial charge in [-0.1, -0.05) is 41.0 Å². The van der Waals surface area contributed by atoms with Crippen LogP contribution in [0.25, 0.3) is 0 Å². The summed E-state index contributed by atoms with van der Waals surface area (Å²) in [6.45, 7) is 4.16. The second-order valence-electron chi connectivity index (χ2n) is 6.37. The van der Waals surface area contributed by atoms with Gasteiger partial charge in [0, 0.05) is 10.6 Å². The minimum Gasteiger partial charge on any atom is -0.346 e. The molecule has 0 saturated carbocycles. The van der Waals surface area contributed by atoms with Crippen LogP contribution >= 0.6 is 11.6 Å². The molecule has 0 bridgehead atoms. The number of rotatable bonds is 2. The van der Waals surface area contributed by atoms with Gasteiger partial charge in [-0.2, -0.15) is 0 Å². The fraction of sp³-hybridized carbons (Fsp3) is 0.278. The van der Waals surface area contributed by atoms with Crippen LogP contribution in [0, 0.1) is 19.7 Å². The van der Waals surface area contributed by atoms with E-state index >= 15 is 0 Å². The zero-order valence-corrected chi connectivity index (χ0v) is 14.6. The van der Waals surface area contributed by atoms with E-state index in [-0.39, 0.29) is 17.9 Å². The average molecular weight is 358 g/mol. The van der Waals surface area contributed by atoms with Crippen molar-refractivity contribution >= 4 is 17.5 Å². The molecule has 5 nitrogen and oxygen atoms in total. The van der Waals surface area contributed by atoms with Crippen LogP contribution in [0.4, 0.5) is 10.3 Å². The third-order valence-electron chi connectivity index (χ3n) is 4.82. The molecule has 25 heavy (non-hydrogen) atoms. The molecule has 3 aromatic rings. The van der Waals surface area contributed by atoms with Crippen LogP contribution in [0.15, 0.2) is 36.4 Å². The van der Waals surface area contributed by atoms with Crippen LogP contribution in [-0.4, -0.2) is 20.2 Å². The highest BCUT2D eigenvalue weighted by Crippen LogP contribution is 2.40. The van der Waals surface area contributed by atoms with Crippen LogP contribution in [-0.2, 0) is 0 Å². The zero-order chi connectivity index (χ0) is 17.6. The van der Waals surface area contributed by atoms with E-state index in [1.165, 1.54) is 17.2 Å². The monoisotopic (exact) mass is 357 g/mol. The summed E-state index contributed by atoms with van der Waals surface area (Å²) in [6.07, 6.45) is 0.598. The molecule has 0 fully saturated rings. The predicted octanol–water partition coefficient (Wildman–Crippen LogP) is 4.23. The molecule has 2 heterocycles. The number of tetrazole rings is 1. The number of aryl methyl sites for hydroxylation is 2. The Morgan fingerprint density at radius 3 is 2.80 bits per heavy atom. The van der Waals surface area contributed by atoms with Gasteiger partial charge in [0.05, 0.1) is 12.1 Å². The number of aromatic nitrogens is 4. The Hall–Kier alpha value is -2.47. The number of fused-ring (bicyclic) bond motifs is 1. The standard InChI is InChI=1S/C18H17ClFN5/c1-10-6-7-12(8-11(10)2)15-9-16(25-18(21-15)22-23-24-25)17-13(19)4-3-5-14(17)20/h3-8,15-16H,9H2,1-2H3,(H,21,22,24)/t15-,16-/m1/s1. The number of nitrogens with one attached hydrogen (secondary N) is 1. The maximum Gasteiger partial charge on any atom is 0.243 e. The highest BCUT2D eigenvalue weighted by Gasteiger charge is 2.33. The largest absolute Gasteiger partial charge is 0.346 e. The first-order chi connectivity index (χ1) is 12.0. The summed E-state index contributed by atoms with van der Waals surface area (Å²) < 4.78 is 16.1. The lowest BCUT2D eigenvalue weighted by Gasteiger charge is -2.31. The van der Waals surface area contributed by atoms with Gasteiger partial charge < -0.3 is 5.32 Å². The van der Waals surface area contributed by atoms with Crippen molar-refractivity contribution in [2.75, 3.05) is 5.32 Å². The summed E-state index contributed by atoms with van der Waals surface area (Å²) in [7, 11) is 0. The minimum atomic E-state index is -0.369. The first-order valence-corrected chi connectivity index (χ1v) is 8.48. The number of benzene rings is 2. The second kappa shape index (κ2) is 6.11. The lowest BCUT2D eigenvalue weighted by molar-refractivity contribution is 0.409. The number of hydrogen-bond acceptors (Lipinski definition) is 4. The maximum atomic E-state index is 14.5. The van der Waals surface area contributed by atoms with E-state index < -0.39 is 0 Å². The fourth-order valence-electron chi connectivity index (χ4n) is 3.31. The molecule has 0 radical (unpaired) electrons. The fourth-order valence-corrected chi connectivity index (χ4v) is 3.60. The minimum absolute atomic E-state index is 0.0292. The normalized spacial score (nSPS) is 19.4. The maximum absolute atomic E-state index is 14.5. The van der Waals surface area contributed by atoms with Gasteiger partial charge in [-0.25, -0.2) is 9.07 Å². The van der Waals surface area contributed by atoms with E-state index in [0.717, 1.165) is 5.56 Å². The van der Waals surface area contributed by atoms with Gasteiger partial charge >= 0.3 is 0 Å². The quantitative estimate of drug-likeness (QED) is 0.745. The second-order valence-corrected chi connectivity index (χ2v) is 6.78. The molecule has 1 aliphatic heterocycles. The van der Waals surface area contributed by atoms with E-state index in [0.29, 0.717) is 23.0 Å². The Morgan fingerprint density at radius 2 is 2.04 bits per heavy atom. The molecule has 128 valence electrons. The summed E-state index contributed by atoms with van der Waals surface area (Å²) in [5.74, 6) is 0.165. The van der Waals surface area contributed by atoms with Gasteiger partial charge in [0.2, 0.25) is 5.95 Å². The average Bonchev–Trinajstić information content (AvgIpc) is 3.05. The summed E-state index contributed by atoms with van der Waals surface area (Å²) in [4.78, 5) is 0. The molecule has 0 aliphatic carbocycles. The van der Waals surface area contributed by atoms with Crippen LogP contribution < -0.4 is 5.32 Å². The molecule has 0 unspecified atom stereocenters. The van der Waals surface area contributed by atoms with Crippen molar-refractivity contribution < 1.29 is 4.39 Å². The van der Waals surface area contributed by atoms with Crippen molar-refractivity contribution in [2.45, 2.75) is 32.4 Å². The Morgan fingerprint density at radius 1 is 1.20 bits per heavy atom. The third kappa shape index (κ3) is 2.76. The number of hydrogen-bond donors (Lipinski definition) is 1. The number of nitrogens with zero attached hydrogens (tertiary/aromatic N) is 4. The molecule has 4 rings (SSSR count). The molecule has 1 aliphatic rings. The first kappa shape index (κ1) is 16.0. The molecular weight excluding hydrogens is 341 g/mol. The third-order valence-corrected chi connectivity index (χ3v) is 5.15. The van der Waals surface area contributed by atoms with E-state index in [2.05, 4.69) is 52.9 Å². The SMILES string of the molecule is Cc1ccc([C@H]2C[C@H](c3c(F)cccc3Cl)n3nnnc3N2)cc1C. The number of anilines is 1. The van der Waals surface area contributed by atoms with E-state index in [1.807, 2.05) is 0 Å². The predicted molar refractivity (Wildman–Crippen MR) is 94.3 cm³/mol. The Bertz CT molecular complexity index is 919. The molecule has 0 spiro atoms. The van der Waals surface area contributed by atoms with E-state index in [4.69, 9.17) is 11.6 Å². The van der Waals surface area contributed by atoms with E-state index in [1.54, 1.807) is 16.8 Å². The van der Waals surface area contributed by atoms with Crippen LogP contribution in [0.1, 0.15) is 40.8 Å². The highest BCUT2D eigenvalue weighted by molar-refractivity contribution is 6.31. The molecule has 1 N–H and O–H groups in total. The molecule has 2 aromatic carbocycles. The summed E-state index contributed by atoms with van der Waals surface area (Å²) in [5.41, 5.74) is 3.99. The van der Waals surface area contributed by atoms with Gasteiger partial charge in [0.1, 0.15) is 5.82 Å². The van der Waals surface area contributed by atoms with Crippen molar-refractivity contribution in [1.29, 1.82) is 0 Å². The Balaban J connectivity index is 1.79. The van der Waals surface area contributed by atoms with Crippen molar-refractivity contribution in [3.63, 3.8) is 0 Å². The molecule has 7 heteroatoms. The summed E-state index contributed by atoms with van der Waals surface area (Å²) in [6, 6.07) is 10.6. The van der Waals surface area contributed by atoms with Crippen molar-refractivity contribution in [1.82, 2.24) is 20.2 Å². The van der Waals surface area contributed by atoms with Gasteiger partial charge in [0.15, 0.2) is 0 Å². The van der Waals surface area contributed by atoms with Gasteiger partial charge in [-0.3, -0.25) is 0 Å².